The van der Waals surface area contributed by atoms with Gasteiger partial charge >= 0.3 is 0 Å². The molecule has 0 aliphatic heterocycles. The van der Waals surface area contributed by atoms with E-state index in [-0.39, 0.29) is 12.4 Å². The Hall–Kier alpha value is -1.77. The minimum absolute atomic E-state index is 0.252. The molecule has 0 unspecified atom stereocenters. The van der Waals surface area contributed by atoms with Crippen molar-refractivity contribution in [1.29, 1.82) is 0 Å². The standard InChI is InChI=1S/C14H13FN2OS/c1-10-8-18-14(17-10)19-9-12-4-5-13(15)7-11(12)3-2-6-16/h4-5,7-8H,6,9,16H2,1H3. The third-order valence-electron chi connectivity index (χ3n) is 2.35. The van der Waals surface area contributed by atoms with Crippen LogP contribution in [0.2, 0.25) is 0 Å². The van der Waals surface area contributed by atoms with E-state index >= 15 is 0 Å². The maximum atomic E-state index is 13.2. The van der Waals surface area contributed by atoms with Crippen molar-refractivity contribution in [2.24, 2.45) is 5.73 Å². The zero-order chi connectivity index (χ0) is 13.7. The Bertz CT molecular complexity index is 628. The van der Waals surface area contributed by atoms with E-state index in [1.54, 1.807) is 12.3 Å². The summed E-state index contributed by atoms with van der Waals surface area (Å²) in [6, 6.07) is 4.56. The number of nitrogens with zero attached hydrogens (tertiary/aromatic N) is 1. The molecule has 0 bridgehead atoms. The summed E-state index contributed by atoms with van der Waals surface area (Å²) in [5.41, 5.74) is 7.76. The summed E-state index contributed by atoms with van der Waals surface area (Å²) in [7, 11) is 0. The molecule has 2 rings (SSSR count). The molecular formula is C14H13FN2OS. The number of halogens is 1. The average molecular weight is 276 g/mol. The zero-order valence-electron chi connectivity index (χ0n) is 10.4. The van der Waals surface area contributed by atoms with Crippen LogP contribution in [0.3, 0.4) is 0 Å². The molecule has 0 saturated carbocycles. The third-order valence-corrected chi connectivity index (χ3v) is 3.24. The first-order valence-electron chi connectivity index (χ1n) is 5.71. The maximum Gasteiger partial charge on any atom is 0.256 e. The summed E-state index contributed by atoms with van der Waals surface area (Å²) in [6.07, 6.45) is 1.60. The van der Waals surface area contributed by atoms with E-state index < -0.39 is 0 Å². The quantitative estimate of drug-likeness (QED) is 0.692. The molecule has 2 N–H and O–H groups in total. The van der Waals surface area contributed by atoms with Crippen molar-refractivity contribution in [3.8, 4) is 11.8 Å². The highest BCUT2D eigenvalue weighted by Crippen LogP contribution is 2.24. The molecule has 0 fully saturated rings. The number of rotatable bonds is 3. The highest BCUT2D eigenvalue weighted by atomic mass is 32.2. The molecule has 1 heterocycles. The van der Waals surface area contributed by atoms with Crippen LogP contribution < -0.4 is 5.73 Å². The predicted octanol–water partition coefficient (Wildman–Crippen LogP) is 2.72. The van der Waals surface area contributed by atoms with E-state index in [4.69, 9.17) is 10.2 Å². The molecule has 98 valence electrons. The summed E-state index contributed by atoms with van der Waals surface area (Å²) in [5.74, 6) is 5.93. The average Bonchev–Trinajstić information content (AvgIpc) is 2.81. The number of benzene rings is 1. The van der Waals surface area contributed by atoms with Gasteiger partial charge in [0.05, 0.1) is 12.2 Å². The van der Waals surface area contributed by atoms with Crippen LogP contribution in [0.4, 0.5) is 4.39 Å². The van der Waals surface area contributed by atoms with Gasteiger partial charge in [-0.15, -0.1) is 0 Å². The van der Waals surface area contributed by atoms with Crippen LogP contribution in [0, 0.1) is 24.6 Å². The second kappa shape index (κ2) is 6.41. The van der Waals surface area contributed by atoms with E-state index in [2.05, 4.69) is 16.8 Å². The van der Waals surface area contributed by atoms with Gasteiger partial charge in [-0.2, -0.15) is 0 Å². The topological polar surface area (TPSA) is 52.0 Å². The maximum absolute atomic E-state index is 13.2. The molecule has 2 aromatic rings. The molecule has 1 aromatic carbocycles. The summed E-state index contributed by atoms with van der Waals surface area (Å²) < 4.78 is 18.5. The van der Waals surface area contributed by atoms with Crippen molar-refractivity contribution in [1.82, 2.24) is 4.98 Å². The van der Waals surface area contributed by atoms with Gasteiger partial charge in [-0.1, -0.05) is 29.7 Å². The van der Waals surface area contributed by atoms with Gasteiger partial charge in [0.25, 0.3) is 5.22 Å². The van der Waals surface area contributed by atoms with Crippen molar-refractivity contribution < 1.29 is 8.81 Å². The van der Waals surface area contributed by atoms with Crippen molar-refractivity contribution in [3.05, 3.63) is 47.1 Å². The number of thioether (sulfide) groups is 1. The van der Waals surface area contributed by atoms with Gasteiger partial charge in [0.15, 0.2) is 0 Å². The minimum atomic E-state index is -0.304. The van der Waals surface area contributed by atoms with Gasteiger partial charge in [0, 0.05) is 11.3 Å². The highest BCUT2D eigenvalue weighted by Gasteiger charge is 2.06. The lowest BCUT2D eigenvalue weighted by atomic mass is 10.1. The number of hydrogen-bond donors (Lipinski definition) is 1. The molecule has 1 aromatic heterocycles. The Balaban J connectivity index is 2.15. The molecule has 0 atom stereocenters. The van der Waals surface area contributed by atoms with Crippen LogP contribution >= 0.6 is 11.8 Å². The predicted molar refractivity (Wildman–Crippen MR) is 73.1 cm³/mol. The second-order valence-electron chi connectivity index (χ2n) is 3.85. The Morgan fingerprint density at radius 3 is 3.00 bits per heavy atom. The highest BCUT2D eigenvalue weighted by molar-refractivity contribution is 7.98. The van der Waals surface area contributed by atoms with E-state index in [0.29, 0.717) is 16.5 Å². The Morgan fingerprint density at radius 1 is 1.47 bits per heavy atom. The van der Waals surface area contributed by atoms with Crippen LogP contribution in [0.15, 0.2) is 34.1 Å². The summed E-state index contributed by atoms with van der Waals surface area (Å²) in [5, 5.41) is 0.597. The number of oxazole rings is 1. The van der Waals surface area contributed by atoms with Gasteiger partial charge in [-0.05, 0) is 24.6 Å². The third kappa shape index (κ3) is 3.85. The van der Waals surface area contributed by atoms with Crippen molar-refractivity contribution in [2.75, 3.05) is 6.54 Å². The largest absolute Gasteiger partial charge is 0.440 e. The molecule has 0 aliphatic rings. The molecule has 0 aliphatic carbocycles. The fourth-order valence-corrected chi connectivity index (χ4v) is 2.33. The van der Waals surface area contributed by atoms with Gasteiger partial charge in [0.2, 0.25) is 0 Å². The number of nitrogens with two attached hydrogens (primary N) is 1. The molecule has 19 heavy (non-hydrogen) atoms. The second-order valence-corrected chi connectivity index (χ2v) is 4.78. The zero-order valence-corrected chi connectivity index (χ0v) is 11.3. The minimum Gasteiger partial charge on any atom is -0.440 e. The van der Waals surface area contributed by atoms with Gasteiger partial charge in [-0.25, -0.2) is 9.37 Å². The molecule has 5 heteroatoms. The van der Waals surface area contributed by atoms with Crippen molar-refractivity contribution in [2.45, 2.75) is 17.9 Å². The monoisotopic (exact) mass is 276 g/mol. The Morgan fingerprint density at radius 2 is 2.32 bits per heavy atom. The molecule has 0 radical (unpaired) electrons. The van der Waals surface area contributed by atoms with Gasteiger partial charge < -0.3 is 10.2 Å². The molecule has 0 saturated heterocycles. The summed E-state index contributed by atoms with van der Waals surface area (Å²) >= 11 is 1.45. The van der Waals surface area contributed by atoms with Crippen LogP contribution in [0.25, 0.3) is 0 Å². The molecule has 0 spiro atoms. The smallest absolute Gasteiger partial charge is 0.256 e. The number of aromatic nitrogens is 1. The first-order valence-corrected chi connectivity index (χ1v) is 6.70. The lowest BCUT2D eigenvalue weighted by molar-refractivity contribution is 0.454. The summed E-state index contributed by atoms with van der Waals surface area (Å²) in [4.78, 5) is 4.20. The van der Waals surface area contributed by atoms with Gasteiger partial charge in [0.1, 0.15) is 12.1 Å². The fraction of sp³-hybridized carbons (Fsp3) is 0.214. The van der Waals surface area contributed by atoms with Crippen LogP contribution in [-0.2, 0) is 5.75 Å². The Labute approximate surface area is 115 Å². The molecule has 0 amide bonds. The fourth-order valence-electron chi connectivity index (χ4n) is 1.48. The van der Waals surface area contributed by atoms with Crippen molar-refractivity contribution in [3.63, 3.8) is 0 Å². The SMILES string of the molecule is Cc1coc(SCc2ccc(F)cc2C#CCN)n1. The lowest BCUT2D eigenvalue weighted by Gasteiger charge is -2.03. The summed E-state index contributed by atoms with van der Waals surface area (Å²) in [6.45, 7) is 2.12. The molecular weight excluding hydrogens is 263 g/mol. The lowest BCUT2D eigenvalue weighted by Crippen LogP contribution is -1.95. The number of aryl methyl sites for hydroxylation is 1. The first-order chi connectivity index (χ1) is 9.19. The van der Waals surface area contributed by atoms with Crippen LogP contribution in [0.1, 0.15) is 16.8 Å². The van der Waals surface area contributed by atoms with E-state index in [1.807, 2.05) is 6.92 Å². The van der Waals surface area contributed by atoms with Crippen LogP contribution in [0.5, 0.6) is 0 Å². The van der Waals surface area contributed by atoms with Crippen molar-refractivity contribution >= 4 is 11.8 Å². The number of hydrogen-bond acceptors (Lipinski definition) is 4. The molecule has 3 nitrogen and oxygen atoms in total. The van der Waals surface area contributed by atoms with Gasteiger partial charge in [-0.3, -0.25) is 0 Å². The van der Waals surface area contributed by atoms with E-state index in [0.717, 1.165) is 11.3 Å². The normalized spacial score (nSPS) is 10.1. The Kier molecular flexibility index (Phi) is 4.61. The first kappa shape index (κ1) is 13.7. The van der Waals surface area contributed by atoms with E-state index in [1.165, 1.54) is 23.9 Å². The van der Waals surface area contributed by atoms with Crippen LogP contribution in [-0.4, -0.2) is 11.5 Å². The van der Waals surface area contributed by atoms with E-state index in [9.17, 15) is 4.39 Å².